The fraction of sp³-hybridized carbons (Fsp3) is 0.368. The lowest BCUT2D eigenvalue weighted by atomic mass is 10.2. The molecule has 1 fully saturated rings. The van der Waals surface area contributed by atoms with Crippen molar-refractivity contribution in [2.75, 3.05) is 6.54 Å². The van der Waals surface area contributed by atoms with Crippen molar-refractivity contribution in [3.05, 3.63) is 52.8 Å². The normalized spacial score (nSPS) is 17.5. The molecule has 0 radical (unpaired) electrons. The van der Waals surface area contributed by atoms with Gasteiger partial charge in [-0.3, -0.25) is 9.20 Å². The molecule has 0 aliphatic carbocycles. The van der Waals surface area contributed by atoms with Gasteiger partial charge in [0, 0.05) is 6.04 Å². The van der Waals surface area contributed by atoms with Gasteiger partial charge in [0.05, 0.1) is 29.0 Å². The molecular weight excluding hydrogens is 342 g/mol. The number of fused-ring (bicyclic) bond motifs is 3. The third-order valence-electron chi connectivity index (χ3n) is 5.28. The molecule has 1 aromatic carbocycles. The third kappa shape index (κ3) is 2.33. The minimum absolute atomic E-state index is 0.0295. The van der Waals surface area contributed by atoms with Gasteiger partial charge < -0.3 is 9.88 Å². The molecular formula is C19H21N7O. The minimum atomic E-state index is -0.0722. The van der Waals surface area contributed by atoms with Gasteiger partial charge >= 0.3 is 0 Å². The molecule has 4 aromatic rings. The Hall–Kier alpha value is -3.00. The average Bonchev–Trinajstić information content (AvgIpc) is 3.40. The molecule has 8 nitrogen and oxygen atoms in total. The lowest BCUT2D eigenvalue weighted by Gasteiger charge is -2.16. The molecule has 1 atom stereocenters. The van der Waals surface area contributed by atoms with E-state index in [0.717, 1.165) is 36.1 Å². The maximum Gasteiger partial charge on any atom is 0.279 e. The van der Waals surface area contributed by atoms with Gasteiger partial charge in [-0.2, -0.15) is 4.68 Å². The molecule has 27 heavy (non-hydrogen) atoms. The summed E-state index contributed by atoms with van der Waals surface area (Å²) in [6.07, 6.45) is 5.60. The van der Waals surface area contributed by atoms with E-state index >= 15 is 0 Å². The second kappa shape index (κ2) is 6.02. The quantitative estimate of drug-likeness (QED) is 0.604. The first-order valence-electron chi connectivity index (χ1n) is 9.31. The Balaban J connectivity index is 1.84. The van der Waals surface area contributed by atoms with Crippen molar-refractivity contribution in [2.24, 2.45) is 0 Å². The van der Waals surface area contributed by atoms with Crippen LogP contribution in [-0.4, -0.2) is 35.5 Å². The molecule has 1 aliphatic heterocycles. The largest absolute Gasteiger partial charge is 0.309 e. The van der Waals surface area contributed by atoms with Crippen molar-refractivity contribution in [2.45, 2.75) is 38.8 Å². The molecule has 0 bridgehead atoms. The first-order valence-corrected chi connectivity index (χ1v) is 9.31. The highest BCUT2D eigenvalue weighted by atomic mass is 16.1. The number of benzene rings is 1. The van der Waals surface area contributed by atoms with Crippen molar-refractivity contribution < 1.29 is 0 Å². The Morgan fingerprint density at radius 3 is 2.78 bits per heavy atom. The Kier molecular flexibility index (Phi) is 3.61. The van der Waals surface area contributed by atoms with E-state index in [0.29, 0.717) is 11.3 Å². The van der Waals surface area contributed by atoms with Gasteiger partial charge in [0.1, 0.15) is 6.33 Å². The summed E-state index contributed by atoms with van der Waals surface area (Å²) in [6.45, 7) is 5.01. The zero-order valence-electron chi connectivity index (χ0n) is 15.3. The van der Waals surface area contributed by atoms with E-state index in [9.17, 15) is 4.79 Å². The summed E-state index contributed by atoms with van der Waals surface area (Å²) in [5, 5.41) is 11.8. The van der Waals surface area contributed by atoms with Gasteiger partial charge in [-0.25, -0.2) is 4.98 Å². The van der Waals surface area contributed by atoms with Gasteiger partial charge in [-0.15, -0.1) is 5.10 Å². The van der Waals surface area contributed by atoms with E-state index in [1.165, 1.54) is 0 Å². The summed E-state index contributed by atoms with van der Waals surface area (Å²) < 4.78 is 5.39. The summed E-state index contributed by atoms with van der Waals surface area (Å²) >= 11 is 0. The van der Waals surface area contributed by atoms with Crippen molar-refractivity contribution in [1.29, 1.82) is 0 Å². The van der Waals surface area contributed by atoms with Gasteiger partial charge in [0.2, 0.25) is 0 Å². The molecule has 8 heteroatoms. The van der Waals surface area contributed by atoms with Gasteiger partial charge in [-0.1, -0.05) is 17.3 Å². The molecule has 3 aromatic heterocycles. The van der Waals surface area contributed by atoms with Crippen LogP contribution >= 0.6 is 0 Å². The second-order valence-electron chi connectivity index (χ2n) is 7.26. The van der Waals surface area contributed by atoms with Crippen LogP contribution in [0.5, 0.6) is 0 Å². The zero-order valence-corrected chi connectivity index (χ0v) is 15.3. The van der Waals surface area contributed by atoms with E-state index in [4.69, 9.17) is 0 Å². The Labute approximate surface area is 155 Å². The highest BCUT2D eigenvalue weighted by molar-refractivity contribution is 5.81. The van der Waals surface area contributed by atoms with Crippen LogP contribution in [0.3, 0.4) is 0 Å². The summed E-state index contributed by atoms with van der Waals surface area (Å²) in [6, 6.07) is 8.11. The predicted molar refractivity (Wildman–Crippen MR) is 102 cm³/mol. The first-order chi connectivity index (χ1) is 13.2. The molecule has 0 amide bonds. The molecule has 138 valence electrons. The number of hydrogen-bond acceptors (Lipinski definition) is 5. The van der Waals surface area contributed by atoms with Gasteiger partial charge in [-0.05, 0) is 45.4 Å². The van der Waals surface area contributed by atoms with Crippen molar-refractivity contribution in [3.8, 4) is 5.82 Å². The van der Waals surface area contributed by atoms with Crippen LogP contribution in [0.25, 0.3) is 22.4 Å². The molecule has 1 unspecified atom stereocenters. The van der Waals surface area contributed by atoms with E-state index in [1.54, 1.807) is 17.2 Å². The van der Waals surface area contributed by atoms with Crippen LogP contribution in [0.1, 0.15) is 44.5 Å². The van der Waals surface area contributed by atoms with Crippen molar-refractivity contribution in [1.82, 2.24) is 34.3 Å². The van der Waals surface area contributed by atoms with Gasteiger partial charge in [0.25, 0.3) is 5.56 Å². The predicted octanol–water partition coefficient (Wildman–Crippen LogP) is 2.24. The number of nitrogens with zero attached hydrogens (tertiary/aromatic N) is 6. The fourth-order valence-corrected chi connectivity index (χ4v) is 4.07. The number of para-hydroxylation sites is 2. The fourth-order valence-electron chi connectivity index (χ4n) is 4.07. The molecule has 1 aliphatic rings. The maximum absolute atomic E-state index is 13.4. The summed E-state index contributed by atoms with van der Waals surface area (Å²) in [7, 11) is 0. The van der Waals surface area contributed by atoms with Crippen LogP contribution < -0.4 is 10.9 Å². The summed E-state index contributed by atoms with van der Waals surface area (Å²) in [5.41, 5.74) is 3.23. The SMILES string of the molecule is CC(C)n1c(=O)c2c(-n3nncc3C3CCCN3)ncn2c2ccccc21. The number of imidazole rings is 1. The third-order valence-corrected chi connectivity index (χ3v) is 5.28. The number of nitrogens with one attached hydrogen (secondary N) is 1. The maximum atomic E-state index is 13.4. The van der Waals surface area contributed by atoms with E-state index < -0.39 is 0 Å². The topological polar surface area (TPSA) is 82.0 Å². The van der Waals surface area contributed by atoms with Crippen molar-refractivity contribution in [3.63, 3.8) is 0 Å². The summed E-state index contributed by atoms with van der Waals surface area (Å²) in [4.78, 5) is 18.0. The van der Waals surface area contributed by atoms with Crippen molar-refractivity contribution >= 4 is 16.6 Å². The van der Waals surface area contributed by atoms with E-state index in [1.807, 2.05) is 47.1 Å². The van der Waals surface area contributed by atoms with Crippen LogP contribution in [0.4, 0.5) is 0 Å². The van der Waals surface area contributed by atoms with Gasteiger partial charge in [0.15, 0.2) is 11.3 Å². The van der Waals surface area contributed by atoms with Crippen LogP contribution in [0.2, 0.25) is 0 Å². The molecule has 1 N–H and O–H groups in total. The smallest absolute Gasteiger partial charge is 0.279 e. The molecule has 4 heterocycles. The second-order valence-corrected chi connectivity index (χ2v) is 7.26. The Bertz CT molecular complexity index is 1190. The number of rotatable bonds is 3. The molecule has 0 saturated carbocycles. The zero-order chi connectivity index (χ0) is 18.5. The van der Waals surface area contributed by atoms with Crippen LogP contribution in [0, 0.1) is 0 Å². The molecule has 1 saturated heterocycles. The Morgan fingerprint density at radius 2 is 2.04 bits per heavy atom. The minimum Gasteiger partial charge on any atom is -0.309 e. The number of hydrogen-bond donors (Lipinski definition) is 1. The number of aromatic nitrogens is 6. The van der Waals surface area contributed by atoms with Crippen LogP contribution in [-0.2, 0) is 0 Å². The van der Waals surface area contributed by atoms with E-state index in [2.05, 4.69) is 20.6 Å². The molecule has 0 spiro atoms. The van der Waals surface area contributed by atoms with Crippen LogP contribution in [0.15, 0.2) is 41.6 Å². The average molecular weight is 363 g/mol. The lowest BCUT2D eigenvalue weighted by Crippen LogP contribution is -2.25. The standard InChI is InChI=1S/C19H21N7O/c1-12(2)25-15-8-4-3-7-14(15)24-11-21-18(17(24)19(25)27)26-16(10-22-23-26)13-6-5-9-20-13/h3-4,7-8,10-13,20H,5-6,9H2,1-2H3. The Morgan fingerprint density at radius 1 is 1.22 bits per heavy atom. The molecule has 5 rings (SSSR count). The first kappa shape index (κ1) is 16.2. The van der Waals surface area contributed by atoms with E-state index in [-0.39, 0.29) is 17.6 Å². The highest BCUT2D eigenvalue weighted by Gasteiger charge is 2.25. The summed E-state index contributed by atoms with van der Waals surface area (Å²) in [5.74, 6) is 0.529. The monoisotopic (exact) mass is 363 g/mol. The lowest BCUT2D eigenvalue weighted by molar-refractivity contribution is 0.592. The highest BCUT2D eigenvalue weighted by Crippen LogP contribution is 2.26.